The van der Waals surface area contributed by atoms with Gasteiger partial charge >= 0.3 is 0 Å². The van der Waals surface area contributed by atoms with Gasteiger partial charge in [0, 0.05) is 13.7 Å². The van der Waals surface area contributed by atoms with E-state index in [2.05, 4.69) is 60.5 Å². The molecule has 5 heteroatoms. The van der Waals surface area contributed by atoms with Crippen molar-refractivity contribution in [2.24, 2.45) is 10.7 Å². The number of guanidine groups is 1. The van der Waals surface area contributed by atoms with Crippen molar-refractivity contribution in [1.82, 2.24) is 10.2 Å². The monoisotopic (exact) mass is 292 g/mol. The molecule has 21 heavy (non-hydrogen) atoms. The summed E-state index contributed by atoms with van der Waals surface area (Å²) in [5, 5.41) is 3.03. The predicted octanol–water partition coefficient (Wildman–Crippen LogP) is 1.40. The molecule has 3 N–H and O–H groups in total. The number of hydrogen-bond donors (Lipinski definition) is 2. The van der Waals surface area contributed by atoms with Crippen LogP contribution in [0, 0.1) is 0 Å². The van der Waals surface area contributed by atoms with E-state index in [1.165, 1.54) is 11.1 Å². The van der Waals surface area contributed by atoms with E-state index in [0.717, 1.165) is 6.42 Å². The van der Waals surface area contributed by atoms with E-state index in [-0.39, 0.29) is 6.04 Å². The second-order valence-electron chi connectivity index (χ2n) is 5.22. The molecular weight excluding hydrogens is 264 g/mol. The Kier molecular flexibility index (Phi) is 7.79. The average molecular weight is 292 g/mol. The smallest absolute Gasteiger partial charge is 0.188 e. The molecule has 0 fully saturated rings. The second kappa shape index (κ2) is 9.37. The third-order valence-corrected chi connectivity index (χ3v) is 3.44. The van der Waals surface area contributed by atoms with E-state index in [9.17, 15) is 0 Å². The van der Waals surface area contributed by atoms with Crippen molar-refractivity contribution >= 4 is 5.96 Å². The molecule has 5 nitrogen and oxygen atoms in total. The van der Waals surface area contributed by atoms with Crippen molar-refractivity contribution in [2.75, 3.05) is 40.9 Å². The number of likely N-dealkylation sites (N-methyl/N-ethyl adjacent to an activating group) is 1. The molecule has 0 bridgehead atoms. The van der Waals surface area contributed by atoms with Crippen molar-refractivity contribution < 1.29 is 4.74 Å². The van der Waals surface area contributed by atoms with Crippen LogP contribution in [-0.4, -0.2) is 51.8 Å². The van der Waals surface area contributed by atoms with E-state index >= 15 is 0 Å². The molecule has 1 atom stereocenters. The normalized spacial score (nSPS) is 13.5. The first-order valence-electron chi connectivity index (χ1n) is 7.36. The second-order valence-corrected chi connectivity index (χ2v) is 5.22. The van der Waals surface area contributed by atoms with Gasteiger partial charge in [0.25, 0.3) is 0 Å². The maximum atomic E-state index is 5.85. The van der Waals surface area contributed by atoms with Crippen LogP contribution in [0.1, 0.15) is 24.1 Å². The summed E-state index contributed by atoms with van der Waals surface area (Å²) < 4.78 is 4.97. The van der Waals surface area contributed by atoms with Gasteiger partial charge in [0.1, 0.15) is 0 Å². The summed E-state index contributed by atoms with van der Waals surface area (Å²) in [7, 11) is 5.78. The van der Waals surface area contributed by atoms with Crippen molar-refractivity contribution in [3.05, 3.63) is 35.4 Å². The van der Waals surface area contributed by atoms with Crippen molar-refractivity contribution in [2.45, 2.75) is 19.4 Å². The number of ether oxygens (including phenoxy) is 1. The zero-order valence-electron chi connectivity index (χ0n) is 13.6. The van der Waals surface area contributed by atoms with Gasteiger partial charge in [0.05, 0.1) is 19.2 Å². The Labute approximate surface area is 128 Å². The Bertz CT molecular complexity index is 428. The predicted molar refractivity (Wildman–Crippen MR) is 88.6 cm³/mol. The first kappa shape index (κ1) is 17.5. The maximum Gasteiger partial charge on any atom is 0.188 e. The Morgan fingerprint density at radius 2 is 2.00 bits per heavy atom. The third kappa shape index (κ3) is 6.14. The van der Waals surface area contributed by atoms with E-state index in [1.807, 2.05) is 0 Å². The molecule has 1 aromatic carbocycles. The topological polar surface area (TPSA) is 62.9 Å². The van der Waals surface area contributed by atoms with Crippen LogP contribution < -0.4 is 11.1 Å². The van der Waals surface area contributed by atoms with Gasteiger partial charge in [-0.2, -0.15) is 0 Å². The van der Waals surface area contributed by atoms with E-state index in [0.29, 0.717) is 25.7 Å². The average Bonchev–Trinajstić information content (AvgIpc) is 2.48. The molecule has 0 saturated carbocycles. The summed E-state index contributed by atoms with van der Waals surface area (Å²) in [5.74, 6) is 0.462. The number of hydrogen-bond acceptors (Lipinski definition) is 3. The van der Waals surface area contributed by atoms with Crippen LogP contribution in [0.2, 0.25) is 0 Å². The van der Waals surface area contributed by atoms with Crippen LogP contribution in [0.4, 0.5) is 0 Å². The SMILES string of the molecule is CCc1ccc([C@@H](CN=C(N)NCCOC)N(C)C)cc1. The molecule has 0 aromatic heterocycles. The first-order valence-corrected chi connectivity index (χ1v) is 7.36. The first-order chi connectivity index (χ1) is 10.1. The Balaban J connectivity index is 2.66. The molecule has 0 unspecified atom stereocenters. The molecule has 0 aliphatic carbocycles. The number of nitrogens with one attached hydrogen (secondary N) is 1. The minimum Gasteiger partial charge on any atom is -0.383 e. The maximum absolute atomic E-state index is 5.85. The molecule has 0 spiro atoms. The third-order valence-electron chi connectivity index (χ3n) is 3.44. The number of rotatable bonds is 8. The molecule has 0 aliphatic heterocycles. The van der Waals surface area contributed by atoms with Crippen LogP contribution in [0.25, 0.3) is 0 Å². The molecule has 0 radical (unpaired) electrons. The van der Waals surface area contributed by atoms with Gasteiger partial charge in [0.2, 0.25) is 0 Å². The zero-order chi connectivity index (χ0) is 15.7. The number of nitrogens with zero attached hydrogens (tertiary/aromatic N) is 2. The molecule has 0 aliphatic rings. The van der Waals surface area contributed by atoms with Gasteiger partial charge in [-0.25, -0.2) is 0 Å². The van der Waals surface area contributed by atoms with Gasteiger partial charge in [-0.3, -0.25) is 4.99 Å². The number of nitrogens with two attached hydrogens (primary N) is 1. The summed E-state index contributed by atoms with van der Waals surface area (Å²) in [6, 6.07) is 8.92. The fraction of sp³-hybridized carbons (Fsp3) is 0.562. The quantitative estimate of drug-likeness (QED) is 0.432. The Morgan fingerprint density at radius 1 is 1.33 bits per heavy atom. The lowest BCUT2D eigenvalue weighted by atomic mass is 10.0. The molecule has 118 valence electrons. The highest BCUT2D eigenvalue weighted by Gasteiger charge is 2.13. The number of benzene rings is 1. The van der Waals surface area contributed by atoms with Crippen LogP contribution in [-0.2, 0) is 11.2 Å². The van der Waals surface area contributed by atoms with Crippen molar-refractivity contribution in [1.29, 1.82) is 0 Å². The van der Waals surface area contributed by atoms with E-state index in [1.54, 1.807) is 7.11 Å². The number of methoxy groups -OCH3 is 1. The minimum absolute atomic E-state index is 0.221. The molecule has 0 amide bonds. The molecule has 0 saturated heterocycles. The van der Waals surface area contributed by atoms with Gasteiger partial charge in [-0.15, -0.1) is 0 Å². The zero-order valence-corrected chi connectivity index (χ0v) is 13.6. The molecular formula is C16H28N4O. The van der Waals surface area contributed by atoms with Gasteiger partial charge in [0.15, 0.2) is 5.96 Å². The highest BCUT2D eigenvalue weighted by Crippen LogP contribution is 2.19. The molecule has 0 heterocycles. The van der Waals surface area contributed by atoms with Crippen molar-refractivity contribution in [3.63, 3.8) is 0 Å². The highest BCUT2D eigenvalue weighted by molar-refractivity contribution is 5.77. The van der Waals surface area contributed by atoms with Crippen LogP contribution in [0.3, 0.4) is 0 Å². The summed E-state index contributed by atoms with van der Waals surface area (Å²) in [5.41, 5.74) is 8.45. The fourth-order valence-corrected chi connectivity index (χ4v) is 2.06. The fourth-order valence-electron chi connectivity index (χ4n) is 2.06. The van der Waals surface area contributed by atoms with Gasteiger partial charge in [-0.1, -0.05) is 31.2 Å². The summed E-state index contributed by atoms with van der Waals surface area (Å²) in [6.07, 6.45) is 1.06. The Morgan fingerprint density at radius 3 is 2.52 bits per heavy atom. The summed E-state index contributed by atoms with van der Waals surface area (Å²) in [6.45, 7) is 4.08. The van der Waals surface area contributed by atoms with E-state index in [4.69, 9.17) is 10.5 Å². The summed E-state index contributed by atoms with van der Waals surface area (Å²) >= 11 is 0. The Hall–Kier alpha value is -1.59. The number of aliphatic imine (C=N–C) groups is 1. The van der Waals surface area contributed by atoms with Crippen LogP contribution in [0.5, 0.6) is 0 Å². The van der Waals surface area contributed by atoms with E-state index < -0.39 is 0 Å². The lowest BCUT2D eigenvalue weighted by Gasteiger charge is -2.23. The van der Waals surface area contributed by atoms with Crippen LogP contribution >= 0.6 is 0 Å². The minimum atomic E-state index is 0.221. The lowest BCUT2D eigenvalue weighted by molar-refractivity contribution is 0.204. The summed E-state index contributed by atoms with van der Waals surface area (Å²) in [4.78, 5) is 6.58. The highest BCUT2D eigenvalue weighted by atomic mass is 16.5. The standard InChI is InChI=1S/C16H28N4O/c1-5-13-6-8-14(9-7-13)15(20(2)3)12-19-16(17)18-10-11-21-4/h6-9,15H,5,10-12H2,1-4H3,(H3,17,18,19)/t15-/m1/s1. The van der Waals surface area contributed by atoms with Gasteiger partial charge < -0.3 is 20.7 Å². The van der Waals surface area contributed by atoms with Gasteiger partial charge in [-0.05, 0) is 31.6 Å². The largest absolute Gasteiger partial charge is 0.383 e. The lowest BCUT2D eigenvalue weighted by Crippen LogP contribution is -2.35. The molecule has 1 rings (SSSR count). The number of aryl methyl sites for hydroxylation is 1. The molecule has 1 aromatic rings. The van der Waals surface area contributed by atoms with Crippen molar-refractivity contribution in [3.8, 4) is 0 Å². The van der Waals surface area contributed by atoms with Crippen LogP contribution in [0.15, 0.2) is 29.3 Å².